The molecule has 0 aliphatic carbocycles. The number of aliphatic carboxylic acids is 1. The van der Waals surface area contributed by atoms with Gasteiger partial charge in [-0.2, -0.15) is 0 Å². The average Bonchev–Trinajstić information content (AvgIpc) is 3.17. The minimum Gasteiger partial charge on any atom is -0.488 e. The highest BCUT2D eigenvalue weighted by Gasteiger charge is 2.27. The van der Waals surface area contributed by atoms with E-state index >= 15 is 0 Å². The lowest BCUT2D eigenvalue weighted by molar-refractivity contribution is -0.139. The molecule has 2 heterocycles. The Hall–Kier alpha value is -4.71. The molecular weight excluding hydrogens is 480 g/mol. The van der Waals surface area contributed by atoms with Crippen LogP contribution in [0.4, 0.5) is 0 Å². The van der Waals surface area contributed by atoms with E-state index in [1.165, 1.54) is 0 Å². The van der Waals surface area contributed by atoms with Gasteiger partial charge in [-0.15, -0.1) is 0 Å². The fourth-order valence-electron chi connectivity index (χ4n) is 5.18. The zero-order valence-electron chi connectivity index (χ0n) is 20.5. The molecule has 2 aliphatic heterocycles. The van der Waals surface area contributed by atoms with Crippen molar-refractivity contribution in [3.63, 3.8) is 0 Å². The lowest BCUT2D eigenvalue weighted by atomic mass is 9.89. The molecule has 0 bridgehead atoms. The largest absolute Gasteiger partial charge is 0.488 e. The van der Waals surface area contributed by atoms with E-state index in [-0.39, 0.29) is 18.2 Å². The molecule has 0 saturated heterocycles. The van der Waals surface area contributed by atoms with Crippen molar-refractivity contribution in [2.75, 3.05) is 0 Å². The number of carboxylic acid groups (broad SMARTS) is 1. The van der Waals surface area contributed by atoms with Crippen LogP contribution in [-0.2, 0) is 24.4 Å². The Balaban J connectivity index is 1.26. The van der Waals surface area contributed by atoms with Gasteiger partial charge >= 0.3 is 5.97 Å². The van der Waals surface area contributed by atoms with Crippen molar-refractivity contribution in [1.82, 2.24) is 0 Å². The van der Waals surface area contributed by atoms with Crippen molar-refractivity contribution in [2.45, 2.75) is 32.0 Å². The minimum atomic E-state index is -0.976. The molecule has 6 nitrogen and oxygen atoms in total. The normalized spacial score (nSPS) is 14.4. The first kappa shape index (κ1) is 23.7. The third-order valence-electron chi connectivity index (χ3n) is 7.25. The van der Waals surface area contributed by atoms with Gasteiger partial charge in [-0.05, 0) is 48.2 Å². The van der Waals surface area contributed by atoms with Crippen LogP contribution < -0.4 is 9.47 Å². The van der Waals surface area contributed by atoms with E-state index in [1.54, 1.807) is 48.5 Å². The van der Waals surface area contributed by atoms with Gasteiger partial charge in [0.2, 0.25) is 0 Å². The molecule has 6 heteroatoms. The zero-order valence-corrected chi connectivity index (χ0v) is 20.5. The first-order valence-electron chi connectivity index (χ1n) is 12.5. The lowest BCUT2D eigenvalue weighted by Crippen LogP contribution is -2.14. The maximum Gasteiger partial charge on any atom is 0.310 e. The number of ether oxygens (including phenoxy) is 2. The van der Waals surface area contributed by atoms with Gasteiger partial charge in [0.15, 0.2) is 11.6 Å². The van der Waals surface area contributed by atoms with Gasteiger partial charge in [-0.3, -0.25) is 14.4 Å². The topological polar surface area (TPSA) is 89.9 Å². The fraction of sp³-hybridized carbons (Fsp3) is 0.156. The molecule has 1 unspecified atom stereocenters. The standard InChI is InChI=1S/C32H24O6/c33-30-23-7-3-1-5-21(23)17-37-28-13-10-19(15-26(28)30)9-12-25(32(35)36)20-11-14-29-27(16-20)31(34)24-8-4-2-6-22(24)18-38-29/h1-8,10-11,13-16,25H,9,12,17-18H2,(H,35,36). The summed E-state index contributed by atoms with van der Waals surface area (Å²) in [5, 5.41) is 10.1. The number of hydrogen-bond donors (Lipinski definition) is 1. The van der Waals surface area contributed by atoms with Crippen molar-refractivity contribution in [2.24, 2.45) is 0 Å². The molecule has 1 atom stereocenters. The Labute approximate surface area is 219 Å². The van der Waals surface area contributed by atoms with Crippen LogP contribution >= 0.6 is 0 Å². The Kier molecular flexibility index (Phi) is 6.00. The Morgan fingerprint density at radius 3 is 1.87 bits per heavy atom. The first-order chi connectivity index (χ1) is 18.5. The molecule has 0 saturated carbocycles. The predicted octanol–water partition coefficient (Wildman–Crippen LogP) is 5.73. The lowest BCUT2D eigenvalue weighted by Gasteiger charge is -2.16. The molecule has 38 heavy (non-hydrogen) atoms. The quantitative estimate of drug-likeness (QED) is 0.373. The summed E-state index contributed by atoms with van der Waals surface area (Å²) in [6, 6.07) is 25.2. The van der Waals surface area contributed by atoms with Gasteiger partial charge in [0.25, 0.3) is 0 Å². The fourth-order valence-corrected chi connectivity index (χ4v) is 5.18. The zero-order chi connectivity index (χ0) is 26.2. The number of rotatable bonds is 5. The molecule has 1 N–H and O–H groups in total. The number of carbonyl (C=O) groups excluding carboxylic acids is 2. The summed E-state index contributed by atoms with van der Waals surface area (Å²) >= 11 is 0. The van der Waals surface area contributed by atoms with Crippen molar-refractivity contribution in [3.8, 4) is 11.5 Å². The van der Waals surface area contributed by atoms with Crippen LogP contribution in [0.2, 0.25) is 0 Å². The van der Waals surface area contributed by atoms with Crippen LogP contribution in [0.25, 0.3) is 0 Å². The number of fused-ring (bicyclic) bond motifs is 4. The van der Waals surface area contributed by atoms with Gasteiger partial charge in [-0.1, -0.05) is 60.7 Å². The Morgan fingerprint density at radius 1 is 0.711 bits per heavy atom. The second kappa shape index (κ2) is 9.63. The van der Waals surface area contributed by atoms with Crippen LogP contribution in [0, 0.1) is 0 Å². The SMILES string of the molecule is O=C1c2ccccc2COc2ccc(CCC(C(=O)O)c3ccc4c(c3)C(=O)c3ccccc3CO4)cc21. The highest BCUT2D eigenvalue weighted by Crippen LogP contribution is 2.34. The third kappa shape index (κ3) is 4.24. The summed E-state index contributed by atoms with van der Waals surface area (Å²) in [5.41, 5.74) is 5.04. The molecule has 0 amide bonds. The molecule has 0 fully saturated rings. The van der Waals surface area contributed by atoms with Crippen molar-refractivity contribution in [1.29, 1.82) is 0 Å². The van der Waals surface area contributed by atoms with Gasteiger partial charge < -0.3 is 14.6 Å². The molecule has 6 rings (SSSR count). The molecule has 188 valence electrons. The second-order valence-corrected chi connectivity index (χ2v) is 9.57. The number of hydrogen-bond acceptors (Lipinski definition) is 5. The number of carboxylic acids is 1. The average molecular weight is 505 g/mol. The number of ketones is 2. The van der Waals surface area contributed by atoms with E-state index in [0.29, 0.717) is 58.8 Å². The summed E-state index contributed by atoms with van der Waals surface area (Å²) < 4.78 is 11.7. The molecule has 2 aliphatic rings. The maximum absolute atomic E-state index is 13.3. The van der Waals surface area contributed by atoms with E-state index in [1.807, 2.05) is 36.4 Å². The highest BCUT2D eigenvalue weighted by atomic mass is 16.5. The summed E-state index contributed by atoms with van der Waals surface area (Å²) in [6.07, 6.45) is 0.730. The summed E-state index contributed by atoms with van der Waals surface area (Å²) in [7, 11) is 0. The number of carbonyl (C=O) groups is 3. The molecule has 4 aromatic rings. The maximum atomic E-state index is 13.3. The second-order valence-electron chi connectivity index (χ2n) is 9.57. The van der Waals surface area contributed by atoms with E-state index in [2.05, 4.69) is 0 Å². The summed E-state index contributed by atoms with van der Waals surface area (Å²) in [4.78, 5) is 38.8. The molecule has 0 radical (unpaired) electrons. The summed E-state index contributed by atoms with van der Waals surface area (Å²) in [5.74, 6) is -1.12. The van der Waals surface area contributed by atoms with Gasteiger partial charge in [0.1, 0.15) is 24.7 Å². The third-order valence-corrected chi connectivity index (χ3v) is 7.25. The van der Waals surface area contributed by atoms with Crippen molar-refractivity contribution in [3.05, 3.63) is 129 Å². The molecule has 0 aromatic heterocycles. The van der Waals surface area contributed by atoms with Crippen LogP contribution in [0.15, 0.2) is 84.9 Å². The van der Waals surface area contributed by atoms with Crippen molar-refractivity contribution < 1.29 is 29.0 Å². The van der Waals surface area contributed by atoms with Gasteiger partial charge in [0.05, 0.1) is 17.0 Å². The molecular formula is C32H24O6. The Morgan fingerprint density at radius 2 is 1.26 bits per heavy atom. The monoisotopic (exact) mass is 504 g/mol. The first-order valence-corrected chi connectivity index (χ1v) is 12.5. The summed E-state index contributed by atoms with van der Waals surface area (Å²) in [6.45, 7) is 0.600. The van der Waals surface area contributed by atoms with Gasteiger partial charge in [0, 0.05) is 22.3 Å². The molecule has 0 spiro atoms. The molecule has 4 aromatic carbocycles. The minimum absolute atomic E-state index is 0.103. The highest BCUT2D eigenvalue weighted by molar-refractivity contribution is 6.12. The number of aryl methyl sites for hydroxylation is 1. The smallest absolute Gasteiger partial charge is 0.310 e. The predicted molar refractivity (Wildman–Crippen MR) is 140 cm³/mol. The van der Waals surface area contributed by atoms with E-state index in [0.717, 1.165) is 16.7 Å². The number of benzene rings is 4. The van der Waals surface area contributed by atoms with Gasteiger partial charge in [-0.25, -0.2) is 0 Å². The Bertz CT molecular complexity index is 1600. The van der Waals surface area contributed by atoms with Crippen LogP contribution in [0.5, 0.6) is 11.5 Å². The van der Waals surface area contributed by atoms with Crippen LogP contribution in [0.1, 0.15) is 66.4 Å². The van der Waals surface area contributed by atoms with Crippen molar-refractivity contribution >= 4 is 17.5 Å². The van der Waals surface area contributed by atoms with Crippen LogP contribution in [-0.4, -0.2) is 22.6 Å². The van der Waals surface area contributed by atoms with E-state index < -0.39 is 11.9 Å². The van der Waals surface area contributed by atoms with E-state index in [9.17, 15) is 19.5 Å². The van der Waals surface area contributed by atoms with Crippen LogP contribution in [0.3, 0.4) is 0 Å². The van der Waals surface area contributed by atoms with E-state index in [4.69, 9.17) is 9.47 Å².